The van der Waals surface area contributed by atoms with Crippen molar-refractivity contribution in [3.05, 3.63) is 45.6 Å². The van der Waals surface area contributed by atoms with Crippen molar-refractivity contribution in [2.24, 2.45) is 0 Å². The number of hydrogen-bond donors (Lipinski definition) is 1. The Balaban J connectivity index is 2.16. The Hall–Kier alpha value is -2.49. The van der Waals surface area contributed by atoms with Crippen LogP contribution in [0.5, 0.6) is 0 Å². The van der Waals surface area contributed by atoms with Crippen molar-refractivity contribution in [1.82, 2.24) is 4.98 Å². The van der Waals surface area contributed by atoms with Gasteiger partial charge in [0.05, 0.1) is 17.2 Å². The summed E-state index contributed by atoms with van der Waals surface area (Å²) in [7, 11) is 0. The zero-order chi connectivity index (χ0) is 14.8. The van der Waals surface area contributed by atoms with Gasteiger partial charge in [0.2, 0.25) is 0 Å². The Bertz CT molecular complexity index is 1110. The molecule has 0 bridgehead atoms. The molecule has 4 heteroatoms. The van der Waals surface area contributed by atoms with Crippen LogP contribution in [0, 0.1) is 6.92 Å². The summed E-state index contributed by atoms with van der Waals surface area (Å²) in [4.78, 5) is 15.4. The number of nitrogens with one attached hydrogen (secondary N) is 1. The van der Waals surface area contributed by atoms with Crippen LogP contribution in [-0.2, 0) is 12.8 Å². The molecular weight excluding hydrogens is 278 g/mol. The van der Waals surface area contributed by atoms with E-state index in [1.807, 2.05) is 13.0 Å². The highest BCUT2D eigenvalue weighted by atomic mass is 16.4. The van der Waals surface area contributed by atoms with Crippen LogP contribution >= 0.6 is 0 Å². The van der Waals surface area contributed by atoms with E-state index in [1.54, 1.807) is 12.3 Å². The Kier molecular flexibility index (Phi) is 2.22. The first-order valence-electron chi connectivity index (χ1n) is 7.71. The fourth-order valence-electron chi connectivity index (χ4n) is 3.92. The molecule has 3 heterocycles. The summed E-state index contributed by atoms with van der Waals surface area (Å²) in [6.45, 7) is 1.98. The maximum atomic E-state index is 11.8. The molecule has 4 aromatic rings. The predicted octanol–water partition coefficient (Wildman–Crippen LogP) is 4.21. The largest absolute Gasteiger partial charge is 0.462 e. The van der Waals surface area contributed by atoms with Crippen LogP contribution in [-0.4, -0.2) is 4.98 Å². The molecule has 0 fully saturated rings. The van der Waals surface area contributed by atoms with Gasteiger partial charge in [-0.05, 0) is 49.8 Å². The van der Waals surface area contributed by atoms with Gasteiger partial charge >= 0.3 is 5.63 Å². The zero-order valence-corrected chi connectivity index (χ0v) is 12.3. The molecule has 0 atom stereocenters. The first kappa shape index (κ1) is 12.1. The van der Waals surface area contributed by atoms with E-state index in [0.717, 1.165) is 40.3 Å². The van der Waals surface area contributed by atoms with E-state index in [2.05, 4.69) is 4.98 Å². The number of benzene rings is 1. The van der Waals surface area contributed by atoms with Crippen LogP contribution in [0.3, 0.4) is 0 Å². The van der Waals surface area contributed by atoms with Crippen LogP contribution < -0.4 is 5.63 Å². The van der Waals surface area contributed by atoms with E-state index in [4.69, 9.17) is 8.83 Å². The number of aromatic amines is 1. The van der Waals surface area contributed by atoms with Gasteiger partial charge < -0.3 is 13.8 Å². The zero-order valence-electron chi connectivity index (χ0n) is 12.3. The number of furan rings is 1. The molecule has 1 aromatic carbocycles. The van der Waals surface area contributed by atoms with E-state index < -0.39 is 0 Å². The Morgan fingerprint density at radius 2 is 2.00 bits per heavy atom. The molecule has 110 valence electrons. The molecule has 3 aromatic heterocycles. The SMILES string of the molecule is Cc1cc(=O)oc2c3ccoc3c3[nH]c4c(c3c12)CCCC4. The van der Waals surface area contributed by atoms with Gasteiger partial charge in [-0.15, -0.1) is 0 Å². The van der Waals surface area contributed by atoms with Gasteiger partial charge in [-0.1, -0.05) is 0 Å². The van der Waals surface area contributed by atoms with E-state index in [9.17, 15) is 4.79 Å². The quantitative estimate of drug-likeness (QED) is 0.494. The summed E-state index contributed by atoms with van der Waals surface area (Å²) in [5.74, 6) is 0. The molecule has 0 saturated heterocycles. The number of aryl methyl sites for hydroxylation is 3. The summed E-state index contributed by atoms with van der Waals surface area (Å²) >= 11 is 0. The molecule has 1 aliphatic rings. The molecule has 0 aliphatic heterocycles. The van der Waals surface area contributed by atoms with Crippen molar-refractivity contribution in [3.8, 4) is 0 Å². The topological polar surface area (TPSA) is 59.1 Å². The second kappa shape index (κ2) is 4.03. The van der Waals surface area contributed by atoms with Gasteiger partial charge in [0.25, 0.3) is 0 Å². The minimum absolute atomic E-state index is 0.309. The molecule has 0 amide bonds. The smallest absolute Gasteiger partial charge is 0.336 e. The van der Waals surface area contributed by atoms with Gasteiger partial charge in [-0.3, -0.25) is 0 Å². The summed E-state index contributed by atoms with van der Waals surface area (Å²) in [5, 5.41) is 3.08. The Morgan fingerprint density at radius 1 is 1.14 bits per heavy atom. The average molecular weight is 293 g/mol. The monoisotopic (exact) mass is 293 g/mol. The standard InChI is InChI=1S/C18H15NO3/c1-9-8-13(20)22-17-11-6-7-21-18(11)16-15(14(9)17)10-4-2-3-5-12(10)19-16/h6-8,19H,2-5H2,1H3. The number of rotatable bonds is 0. The third-order valence-electron chi connectivity index (χ3n) is 4.84. The van der Waals surface area contributed by atoms with Crippen LogP contribution in [0.2, 0.25) is 0 Å². The molecule has 22 heavy (non-hydrogen) atoms. The molecule has 5 rings (SSSR count). The normalized spacial score (nSPS) is 15.0. The first-order valence-corrected chi connectivity index (χ1v) is 7.71. The third kappa shape index (κ3) is 1.39. The van der Waals surface area contributed by atoms with Gasteiger partial charge in [0.1, 0.15) is 0 Å². The number of hydrogen-bond acceptors (Lipinski definition) is 3. The fourth-order valence-corrected chi connectivity index (χ4v) is 3.92. The highest BCUT2D eigenvalue weighted by molar-refractivity contribution is 6.23. The van der Waals surface area contributed by atoms with Crippen molar-refractivity contribution in [1.29, 1.82) is 0 Å². The lowest BCUT2D eigenvalue weighted by Gasteiger charge is -2.11. The highest BCUT2D eigenvalue weighted by Gasteiger charge is 2.23. The molecule has 0 spiro atoms. The molecule has 1 aliphatic carbocycles. The highest BCUT2D eigenvalue weighted by Crippen LogP contribution is 2.40. The minimum atomic E-state index is -0.309. The van der Waals surface area contributed by atoms with Crippen molar-refractivity contribution in [2.75, 3.05) is 0 Å². The van der Waals surface area contributed by atoms with Crippen LogP contribution in [0.25, 0.3) is 32.8 Å². The van der Waals surface area contributed by atoms with Crippen molar-refractivity contribution in [2.45, 2.75) is 32.6 Å². The molecule has 1 N–H and O–H groups in total. The maximum Gasteiger partial charge on any atom is 0.336 e. The number of H-pyrrole nitrogens is 1. The minimum Gasteiger partial charge on any atom is -0.462 e. The van der Waals surface area contributed by atoms with E-state index in [1.165, 1.54) is 29.5 Å². The van der Waals surface area contributed by atoms with Crippen LogP contribution in [0.15, 0.2) is 32.0 Å². The van der Waals surface area contributed by atoms with Crippen molar-refractivity contribution >= 4 is 32.8 Å². The van der Waals surface area contributed by atoms with Gasteiger partial charge in [-0.2, -0.15) is 0 Å². The lowest BCUT2D eigenvalue weighted by molar-refractivity contribution is 0.563. The second-order valence-corrected chi connectivity index (χ2v) is 6.16. The Labute approximate surface area is 125 Å². The first-order chi connectivity index (χ1) is 10.7. The van der Waals surface area contributed by atoms with Crippen molar-refractivity contribution in [3.63, 3.8) is 0 Å². The maximum absolute atomic E-state index is 11.8. The fraction of sp³-hybridized carbons (Fsp3) is 0.278. The van der Waals surface area contributed by atoms with Crippen molar-refractivity contribution < 1.29 is 8.83 Å². The summed E-state index contributed by atoms with van der Waals surface area (Å²) in [5.41, 5.74) is 5.79. The summed E-state index contributed by atoms with van der Waals surface area (Å²) < 4.78 is 11.3. The van der Waals surface area contributed by atoms with Crippen LogP contribution in [0.4, 0.5) is 0 Å². The van der Waals surface area contributed by atoms with E-state index in [-0.39, 0.29) is 5.63 Å². The number of aromatic nitrogens is 1. The number of fused-ring (bicyclic) bond motifs is 8. The lowest BCUT2D eigenvalue weighted by atomic mass is 9.93. The molecule has 0 saturated carbocycles. The molecule has 0 radical (unpaired) electrons. The Morgan fingerprint density at radius 3 is 2.91 bits per heavy atom. The van der Waals surface area contributed by atoms with Gasteiger partial charge in [-0.25, -0.2) is 4.79 Å². The average Bonchev–Trinajstić information content (AvgIpc) is 3.10. The molecule has 0 unspecified atom stereocenters. The lowest BCUT2D eigenvalue weighted by Crippen LogP contribution is -2.01. The van der Waals surface area contributed by atoms with Gasteiger partial charge in [0, 0.05) is 22.5 Å². The van der Waals surface area contributed by atoms with Crippen LogP contribution in [0.1, 0.15) is 29.7 Å². The summed E-state index contributed by atoms with van der Waals surface area (Å²) in [6.07, 6.45) is 6.21. The molecular formula is C18H15NO3. The third-order valence-corrected chi connectivity index (χ3v) is 4.84. The molecule has 4 nitrogen and oxygen atoms in total. The van der Waals surface area contributed by atoms with E-state index in [0.29, 0.717) is 5.58 Å². The predicted molar refractivity (Wildman–Crippen MR) is 85.5 cm³/mol. The second-order valence-electron chi connectivity index (χ2n) is 6.16. The van der Waals surface area contributed by atoms with E-state index >= 15 is 0 Å². The summed E-state index contributed by atoms with van der Waals surface area (Å²) in [6, 6.07) is 3.45. The van der Waals surface area contributed by atoms with Gasteiger partial charge in [0.15, 0.2) is 11.2 Å².